The van der Waals surface area contributed by atoms with Gasteiger partial charge in [0.2, 0.25) is 11.1 Å². The maximum Gasteiger partial charge on any atom is 0.233 e. The zero-order chi connectivity index (χ0) is 17.5. The number of benzene rings is 1. The summed E-state index contributed by atoms with van der Waals surface area (Å²) in [5, 5.41) is 14.7. The quantitative estimate of drug-likeness (QED) is 0.719. The van der Waals surface area contributed by atoms with Crippen molar-refractivity contribution in [1.82, 2.24) is 30.4 Å². The predicted molar refractivity (Wildman–Crippen MR) is 89.9 cm³/mol. The molecule has 0 aliphatic rings. The van der Waals surface area contributed by atoms with Gasteiger partial charge in [0, 0.05) is 13.1 Å². The Bertz CT molecular complexity index is 660. The van der Waals surface area contributed by atoms with Gasteiger partial charge in [-0.2, -0.15) is 0 Å². The van der Waals surface area contributed by atoms with Crippen molar-refractivity contribution in [2.45, 2.75) is 30.4 Å². The van der Waals surface area contributed by atoms with E-state index in [1.54, 1.807) is 23.7 Å². The molecule has 0 spiro atoms. The topological polar surface area (TPSA) is 75.9 Å². The average molecular weight is 352 g/mol. The van der Waals surface area contributed by atoms with Crippen molar-refractivity contribution in [3.05, 3.63) is 35.6 Å². The van der Waals surface area contributed by atoms with Gasteiger partial charge < -0.3 is 10.2 Å². The molecule has 9 heteroatoms. The molecule has 1 heterocycles. The fourth-order valence-corrected chi connectivity index (χ4v) is 2.70. The van der Waals surface area contributed by atoms with Crippen LogP contribution in [0.5, 0.6) is 0 Å². The Balaban J connectivity index is 1.85. The SMILES string of the molecule is CC(Sc1nnnn1CCN(C)C)C(=O)NCc1ccc(F)cc1. The molecule has 2 rings (SSSR count). The molecule has 1 amide bonds. The summed E-state index contributed by atoms with van der Waals surface area (Å²) in [7, 11) is 3.95. The predicted octanol–water partition coefficient (Wildman–Crippen LogP) is 1.17. The number of thioether (sulfide) groups is 1. The monoisotopic (exact) mass is 352 g/mol. The van der Waals surface area contributed by atoms with Crippen LogP contribution in [0.4, 0.5) is 4.39 Å². The number of carbonyl (C=O) groups is 1. The van der Waals surface area contributed by atoms with Crippen LogP contribution in [-0.2, 0) is 17.9 Å². The zero-order valence-corrected chi connectivity index (χ0v) is 14.8. The molecule has 2 aromatic rings. The molecular weight excluding hydrogens is 331 g/mol. The molecule has 24 heavy (non-hydrogen) atoms. The van der Waals surface area contributed by atoms with E-state index in [1.807, 2.05) is 19.0 Å². The molecule has 0 bridgehead atoms. The van der Waals surface area contributed by atoms with Crippen LogP contribution in [0.2, 0.25) is 0 Å². The summed E-state index contributed by atoms with van der Waals surface area (Å²) in [4.78, 5) is 14.2. The van der Waals surface area contributed by atoms with Crippen LogP contribution in [0.1, 0.15) is 12.5 Å². The van der Waals surface area contributed by atoms with E-state index in [1.165, 1.54) is 23.9 Å². The first-order valence-corrected chi connectivity index (χ1v) is 8.43. The molecule has 1 aromatic heterocycles. The van der Waals surface area contributed by atoms with Gasteiger partial charge in [-0.05, 0) is 49.1 Å². The van der Waals surface area contributed by atoms with E-state index < -0.39 is 0 Å². The van der Waals surface area contributed by atoms with Gasteiger partial charge in [0.05, 0.1) is 11.8 Å². The zero-order valence-electron chi connectivity index (χ0n) is 13.9. The maximum absolute atomic E-state index is 12.9. The van der Waals surface area contributed by atoms with Crippen LogP contribution < -0.4 is 5.32 Å². The van der Waals surface area contributed by atoms with Gasteiger partial charge in [-0.1, -0.05) is 23.9 Å². The molecule has 0 fully saturated rings. The number of halogens is 1. The maximum atomic E-state index is 12.9. The van der Waals surface area contributed by atoms with Crippen molar-refractivity contribution < 1.29 is 9.18 Å². The Morgan fingerprint density at radius 1 is 1.38 bits per heavy atom. The normalized spacial score (nSPS) is 12.4. The second-order valence-corrected chi connectivity index (χ2v) is 6.90. The van der Waals surface area contributed by atoms with Gasteiger partial charge in [0.1, 0.15) is 5.82 Å². The largest absolute Gasteiger partial charge is 0.351 e. The lowest BCUT2D eigenvalue weighted by Crippen LogP contribution is -2.30. The van der Waals surface area contributed by atoms with Crippen molar-refractivity contribution in [2.75, 3.05) is 20.6 Å². The summed E-state index contributed by atoms with van der Waals surface area (Å²) in [6.45, 7) is 3.63. The summed E-state index contributed by atoms with van der Waals surface area (Å²) in [6, 6.07) is 6.04. The molecule has 0 aliphatic carbocycles. The fourth-order valence-electron chi connectivity index (χ4n) is 1.86. The number of nitrogens with one attached hydrogen (secondary N) is 1. The Morgan fingerprint density at radius 3 is 2.75 bits per heavy atom. The molecule has 130 valence electrons. The molecule has 1 aromatic carbocycles. The fraction of sp³-hybridized carbons (Fsp3) is 0.467. The van der Waals surface area contributed by atoms with Crippen LogP contribution in [-0.4, -0.2) is 56.9 Å². The Morgan fingerprint density at radius 2 is 2.08 bits per heavy atom. The summed E-state index contributed by atoms with van der Waals surface area (Å²) in [5.74, 6) is -0.412. The van der Waals surface area contributed by atoms with Crippen LogP contribution in [0, 0.1) is 5.82 Å². The van der Waals surface area contributed by atoms with Crippen molar-refractivity contribution in [2.24, 2.45) is 0 Å². The lowest BCUT2D eigenvalue weighted by molar-refractivity contribution is -0.120. The molecular formula is C15H21FN6OS. The van der Waals surface area contributed by atoms with E-state index in [0.29, 0.717) is 18.2 Å². The second-order valence-electron chi connectivity index (χ2n) is 5.59. The minimum atomic E-state index is -0.338. The van der Waals surface area contributed by atoms with Crippen molar-refractivity contribution in [3.8, 4) is 0 Å². The first-order chi connectivity index (χ1) is 11.5. The minimum absolute atomic E-state index is 0.119. The standard InChI is InChI=1S/C15H21FN6OS/c1-11(14(23)17-10-12-4-6-13(16)7-5-12)24-15-18-19-20-22(15)9-8-21(2)3/h4-7,11H,8-10H2,1-3H3,(H,17,23). The van der Waals surface area contributed by atoms with Gasteiger partial charge in [0.25, 0.3) is 0 Å². The number of amides is 1. The van der Waals surface area contributed by atoms with Crippen LogP contribution in [0.25, 0.3) is 0 Å². The van der Waals surface area contributed by atoms with Crippen LogP contribution in [0.3, 0.4) is 0 Å². The summed E-state index contributed by atoms with van der Waals surface area (Å²) >= 11 is 1.31. The molecule has 1 atom stereocenters. The Hall–Kier alpha value is -2.00. The number of likely N-dealkylation sites (N-methyl/N-ethyl adjacent to an activating group) is 1. The summed E-state index contributed by atoms with van der Waals surface area (Å²) < 4.78 is 14.6. The summed E-state index contributed by atoms with van der Waals surface area (Å²) in [5.41, 5.74) is 0.845. The molecule has 0 radical (unpaired) electrons. The number of hydrogen-bond donors (Lipinski definition) is 1. The van der Waals surface area contributed by atoms with Gasteiger partial charge >= 0.3 is 0 Å². The average Bonchev–Trinajstić information content (AvgIpc) is 2.99. The van der Waals surface area contributed by atoms with Gasteiger partial charge in [-0.25, -0.2) is 9.07 Å². The minimum Gasteiger partial charge on any atom is -0.351 e. The lowest BCUT2D eigenvalue weighted by Gasteiger charge is -2.13. The second kappa shape index (κ2) is 8.74. The molecule has 0 aliphatic heterocycles. The highest BCUT2D eigenvalue weighted by molar-refractivity contribution is 8.00. The number of nitrogens with zero attached hydrogens (tertiary/aromatic N) is 5. The summed E-state index contributed by atoms with van der Waals surface area (Å²) in [6.07, 6.45) is 0. The van der Waals surface area contributed by atoms with Crippen molar-refractivity contribution in [3.63, 3.8) is 0 Å². The molecule has 1 N–H and O–H groups in total. The number of carbonyl (C=O) groups excluding carboxylic acids is 1. The highest BCUT2D eigenvalue weighted by Crippen LogP contribution is 2.20. The third-order valence-corrected chi connectivity index (χ3v) is 4.36. The third kappa shape index (κ3) is 5.57. The van der Waals surface area contributed by atoms with E-state index in [2.05, 4.69) is 20.8 Å². The Labute approximate surface area is 144 Å². The first-order valence-electron chi connectivity index (χ1n) is 7.55. The van der Waals surface area contributed by atoms with Gasteiger partial charge in [-0.3, -0.25) is 4.79 Å². The van der Waals surface area contributed by atoms with Gasteiger partial charge in [0.15, 0.2) is 0 Å². The van der Waals surface area contributed by atoms with Crippen molar-refractivity contribution in [1.29, 1.82) is 0 Å². The number of rotatable bonds is 8. The third-order valence-electron chi connectivity index (χ3n) is 3.29. The molecule has 1 unspecified atom stereocenters. The number of hydrogen-bond acceptors (Lipinski definition) is 6. The molecule has 0 saturated carbocycles. The van der Waals surface area contributed by atoms with E-state index in [4.69, 9.17) is 0 Å². The number of aromatic nitrogens is 4. The smallest absolute Gasteiger partial charge is 0.233 e. The van der Waals surface area contributed by atoms with Crippen molar-refractivity contribution >= 4 is 17.7 Å². The highest BCUT2D eigenvalue weighted by atomic mass is 32.2. The van der Waals surface area contributed by atoms with E-state index in [9.17, 15) is 9.18 Å². The lowest BCUT2D eigenvalue weighted by atomic mass is 10.2. The highest BCUT2D eigenvalue weighted by Gasteiger charge is 2.18. The van der Waals surface area contributed by atoms with Crippen LogP contribution in [0.15, 0.2) is 29.4 Å². The van der Waals surface area contributed by atoms with E-state index in [-0.39, 0.29) is 17.0 Å². The van der Waals surface area contributed by atoms with E-state index in [0.717, 1.165) is 12.1 Å². The first kappa shape index (κ1) is 18.3. The van der Waals surface area contributed by atoms with E-state index >= 15 is 0 Å². The molecule has 7 nitrogen and oxygen atoms in total. The van der Waals surface area contributed by atoms with Crippen LogP contribution >= 0.6 is 11.8 Å². The molecule has 0 saturated heterocycles. The van der Waals surface area contributed by atoms with Gasteiger partial charge in [-0.15, -0.1) is 5.10 Å². The Kier molecular flexibility index (Phi) is 6.68. The number of tetrazole rings is 1.